The maximum Gasteiger partial charge on any atom is 0.251 e. The number of halogens is 1. The largest absolute Gasteiger partial charge is 0.354 e. The van der Waals surface area contributed by atoms with Crippen molar-refractivity contribution < 1.29 is 14.0 Å². The predicted octanol–water partition coefficient (Wildman–Crippen LogP) is 2.48. The van der Waals surface area contributed by atoms with Crippen LogP contribution in [0.5, 0.6) is 0 Å². The summed E-state index contributed by atoms with van der Waals surface area (Å²) < 4.78 is 13.7. The van der Waals surface area contributed by atoms with Gasteiger partial charge in [-0.1, -0.05) is 36.4 Å². The quantitative estimate of drug-likeness (QED) is 0.801. The van der Waals surface area contributed by atoms with Gasteiger partial charge < -0.3 is 10.6 Å². The molecule has 1 aliphatic rings. The van der Waals surface area contributed by atoms with E-state index in [-0.39, 0.29) is 29.5 Å². The fraction of sp³-hybridized carbons (Fsp3) is 0.263. The smallest absolute Gasteiger partial charge is 0.251 e. The Labute approximate surface area is 140 Å². The third kappa shape index (κ3) is 3.79. The Balaban J connectivity index is 1.40. The highest BCUT2D eigenvalue weighted by molar-refractivity contribution is 5.94. The van der Waals surface area contributed by atoms with Crippen molar-refractivity contribution in [2.45, 2.75) is 12.3 Å². The lowest BCUT2D eigenvalue weighted by molar-refractivity contribution is -0.122. The van der Waals surface area contributed by atoms with Gasteiger partial charge in [0.1, 0.15) is 5.82 Å². The van der Waals surface area contributed by atoms with Crippen LogP contribution in [0, 0.1) is 11.7 Å². The van der Waals surface area contributed by atoms with Crippen molar-refractivity contribution in [1.82, 2.24) is 10.6 Å². The predicted molar refractivity (Wildman–Crippen MR) is 89.0 cm³/mol. The van der Waals surface area contributed by atoms with E-state index in [1.807, 2.05) is 6.07 Å². The van der Waals surface area contributed by atoms with Gasteiger partial charge in [-0.15, -0.1) is 0 Å². The Morgan fingerprint density at radius 3 is 2.38 bits per heavy atom. The van der Waals surface area contributed by atoms with Gasteiger partial charge in [0.25, 0.3) is 5.91 Å². The topological polar surface area (TPSA) is 58.2 Å². The second kappa shape index (κ2) is 7.25. The molecule has 0 aromatic heterocycles. The molecule has 24 heavy (non-hydrogen) atoms. The van der Waals surface area contributed by atoms with Crippen LogP contribution in [0.15, 0.2) is 54.6 Å². The Morgan fingerprint density at radius 1 is 0.958 bits per heavy atom. The summed E-state index contributed by atoms with van der Waals surface area (Å²) in [5.74, 6) is -0.720. The molecule has 1 fully saturated rings. The van der Waals surface area contributed by atoms with E-state index < -0.39 is 0 Å². The molecule has 4 nitrogen and oxygen atoms in total. The maximum atomic E-state index is 13.7. The first-order valence-electron chi connectivity index (χ1n) is 8.02. The molecule has 2 amide bonds. The van der Waals surface area contributed by atoms with Crippen molar-refractivity contribution in [2.75, 3.05) is 13.1 Å². The van der Waals surface area contributed by atoms with E-state index in [2.05, 4.69) is 10.6 Å². The number of rotatable bonds is 6. The summed E-state index contributed by atoms with van der Waals surface area (Å²) in [4.78, 5) is 23.9. The van der Waals surface area contributed by atoms with E-state index in [1.165, 1.54) is 6.07 Å². The Kier molecular flexibility index (Phi) is 4.89. The summed E-state index contributed by atoms with van der Waals surface area (Å²) in [5, 5.41) is 5.55. The molecule has 2 atom stereocenters. The lowest BCUT2D eigenvalue weighted by Crippen LogP contribution is -2.35. The minimum absolute atomic E-state index is 0.0369. The summed E-state index contributed by atoms with van der Waals surface area (Å²) in [6, 6.07) is 15.5. The van der Waals surface area contributed by atoms with Gasteiger partial charge in [-0.3, -0.25) is 9.59 Å². The van der Waals surface area contributed by atoms with Crippen molar-refractivity contribution in [2.24, 2.45) is 5.92 Å². The Morgan fingerprint density at radius 2 is 1.62 bits per heavy atom. The highest BCUT2D eigenvalue weighted by Crippen LogP contribution is 2.48. The molecule has 5 heteroatoms. The first kappa shape index (κ1) is 16.2. The van der Waals surface area contributed by atoms with Gasteiger partial charge in [0.15, 0.2) is 0 Å². The third-order valence-electron chi connectivity index (χ3n) is 4.18. The molecule has 1 saturated carbocycles. The van der Waals surface area contributed by atoms with E-state index >= 15 is 0 Å². The molecule has 2 aromatic rings. The summed E-state index contributed by atoms with van der Waals surface area (Å²) in [7, 11) is 0. The molecule has 2 aromatic carbocycles. The van der Waals surface area contributed by atoms with Crippen LogP contribution in [0.4, 0.5) is 4.39 Å². The molecular weight excluding hydrogens is 307 g/mol. The highest BCUT2D eigenvalue weighted by atomic mass is 19.1. The van der Waals surface area contributed by atoms with Gasteiger partial charge >= 0.3 is 0 Å². The number of hydrogen-bond donors (Lipinski definition) is 2. The molecule has 2 N–H and O–H groups in total. The van der Waals surface area contributed by atoms with Crippen LogP contribution < -0.4 is 10.6 Å². The SMILES string of the molecule is O=C(NCCNC(=O)C1CC1c1ccccc1F)c1ccccc1. The average Bonchev–Trinajstić information content (AvgIpc) is 3.40. The maximum absolute atomic E-state index is 13.7. The number of amides is 2. The number of hydrogen-bond acceptors (Lipinski definition) is 2. The van der Waals surface area contributed by atoms with E-state index in [9.17, 15) is 14.0 Å². The number of carbonyl (C=O) groups is 2. The van der Waals surface area contributed by atoms with Gasteiger partial charge in [-0.05, 0) is 36.1 Å². The zero-order valence-corrected chi connectivity index (χ0v) is 13.2. The highest BCUT2D eigenvalue weighted by Gasteiger charge is 2.44. The molecule has 0 heterocycles. The summed E-state index contributed by atoms with van der Waals surface area (Å²) in [6.07, 6.45) is 0.670. The summed E-state index contributed by atoms with van der Waals surface area (Å²) >= 11 is 0. The van der Waals surface area contributed by atoms with E-state index in [4.69, 9.17) is 0 Å². The third-order valence-corrected chi connectivity index (χ3v) is 4.18. The molecule has 0 aliphatic heterocycles. The lowest BCUT2D eigenvalue weighted by Gasteiger charge is -2.07. The number of carbonyl (C=O) groups excluding carboxylic acids is 2. The van der Waals surface area contributed by atoms with Crippen LogP contribution in [0.2, 0.25) is 0 Å². The normalized spacial score (nSPS) is 18.7. The molecule has 0 spiro atoms. The molecule has 0 saturated heterocycles. The molecule has 3 rings (SSSR count). The Bertz CT molecular complexity index is 733. The van der Waals surface area contributed by atoms with Gasteiger partial charge in [0.2, 0.25) is 5.91 Å². The molecule has 2 unspecified atom stereocenters. The van der Waals surface area contributed by atoms with Crippen LogP contribution in [0.3, 0.4) is 0 Å². The van der Waals surface area contributed by atoms with Crippen molar-refractivity contribution in [1.29, 1.82) is 0 Å². The van der Waals surface area contributed by atoms with Gasteiger partial charge in [-0.25, -0.2) is 4.39 Å². The molecule has 0 bridgehead atoms. The first-order chi connectivity index (χ1) is 11.7. The summed E-state index contributed by atoms with van der Waals surface area (Å²) in [6.45, 7) is 0.717. The number of benzene rings is 2. The van der Waals surface area contributed by atoms with Gasteiger partial charge in [0, 0.05) is 24.6 Å². The monoisotopic (exact) mass is 326 g/mol. The minimum Gasteiger partial charge on any atom is -0.354 e. The van der Waals surface area contributed by atoms with Crippen molar-refractivity contribution in [3.05, 3.63) is 71.5 Å². The average molecular weight is 326 g/mol. The Hall–Kier alpha value is -2.69. The zero-order chi connectivity index (χ0) is 16.9. The number of nitrogens with one attached hydrogen (secondary N) is 2. The fourth-order valence-electron chi connectivity index (χ4n) is 2.79. The molecule has 124 valence electrons. The van der Waals surface area contributed by atoms with Crippen LogP contribution in [-0.2, 0) is 4.79 Å². The molecule has 0 radical (unpaired) electrons. The molecule has 1 aliphatic carbocycles. The van der Waals surface area contributed by atoms with Crippen LogP contribution in [0.1, 0.15) is 28.3 Å². The first-order valence-corrected chi connectivity index (χ1v) is 8.02. The minimum atomic E-state index is -0.257. The van der Waals surface area contributed by atoms with E-state index in [0.29, 0.717) is 30.6 Å². The fourth-order valence-corrected chi connectivity index (χ4v) is 2.79. The van der Waals surface area contributed by atoms with Gasteiger partial charge in [-0.2, -0.15) is 0 Å². The van der Waals surface area contributed by atoms with Crippen molar-refractivity contribution in [3.8, 4) is 0 Å². The zero-order valence-electron chi connectivity index (χ0n) is 13.2. The molecular formula is C19H19FN2O2. The van der Waals surface area contributed by atoms with Gasteiger partial charge in [0.05, 0.1) is 0 Å². The lowest BCUT2D eigenvalue weighted by atomic mass is 10.1. The van der Waals surface area contributed by atoms with E-state index in [1.54, 1.807) is 42.5 Å². The second-order valence-electron chi connectivity index (χ2n) is 5.88. The van der Waals surface area contributed by atoms with Crippen LogP contribution in [0.25, 0.3) is 0 Å². The standard InChI is InChI=1S/C19H19FN2O2/c20-17-9-5-4-8-14(17)15-12-16(15)19(24)22-11-10-21-18(23)13-6-2-1-3-7-13/h1-9,15-16H,10-12H2,(H,21,23)(H,22,24). The van der Waals surface area contributed by atoms with Crippen molar-refractivity contribution >= 4 is 11.8 Å². The van der Waals surface area contributed by atoms with Crippen molar-refractivity contribution in [3.63, 3.8) is 0 Å². The van der Waals surface area contributed by atoms with Crippen LogP contribution >= 0.6 is 0 Å². The van der Waals surface area contributed by atoms with E-state index in [0.717, 1.165) is 0 Å². The second-order valence-corrected chi connectivity index (χ2v) is 5.88. The van der Waals surface area contributed by atoms with Crippen LogP contribution in [-0.4, -0.2) is 24.9 Å². The summed E-state index contributed by atoms with van der Waals surface area (Å²) in [5.41, 5.74) is 1.20.